The summed E-state index contributed by atoms with van der Waals surface area (Å²) in [6, 6.07) is 1.88. The van der Waals surface area contributed by atoms with Gasteiger partial charge in [-0.2, -0.15) is 0 Å². The second kappa shape index (κ2) is 3.70. The van der Waals surface area contributed by atoms with Gasteiger partial charge < -0.3 is 15.1 Å². The summed E-state index contributed by atoms with van der Waals surface area (Å²) in [6.07, 6.45) is 1.85. The lowest BCUT2D eigenvalue weighted by Gasteiger charge is -2.43. The molecule has 1 amide bonds. The minimum absolute atomic E-state index is 0.0800. The highest BCUT2D eigenvalue weighted by atomic mass is 16.2. The third-order valence-electron chi connectivity index (χ3n) is 3.42. The number of fused-ring (bicyclic) bond motifs is 3. The van der Waals surface area contributed by atoms with E-state index >= 15 is 0 Å². The highest BCUT2D eigenvalue weighted by Gasteiger charge is 2.37. The molecule has 0 aromatic carbocycles. The van der Waals surface area contributed by atoms with Crippen molar-refractivity contribution < 1.29 is 4.79 Å². The fourth-order valence-corrected chi connectivity index (χ4v) is 2.50. The molecule has 2 aliphatic heterocycles. The van der Waals surface area contributed by atoms with Crippen molar-refractivity contribution in [1.29, 1.82) is 0 Å². The van der Waals surface area contributed by atoms with Crippen molar-refractivity contribution in [2.75, 3.05) is 36.9 Å². The summed E-state index contributed by atoms with van der Waals surface area (Å²) in [4.78, 5) is 20.8. The number of carbonyl (C=O) groups excluding carboxylic acids is 1. The number of nitrogens with one attached hydrogen (secondary N) is 1. The van der Waals surface area contributed by atoms with Gasteiger partial charge in [0.2, 0.25) is 5.91 Å². The largest absolute Gasteiger partial charge is 0.340 e. The summed E-state index contributed by atoms with van der Waals surface area (Å²) < 4.78 is 0. The summed E-state index contributed by atoms with van der Waals surface area (Å²) in [5.74, 6) is 0.991. The first-order chi connectivity index (χ1) is 8.15. The van der Waals surface area contributed by atoms with Crippen LogP contribution in [0.3, 0.4) is 0 Å². The van der Waals surface area contributed by atoms with E-state index in [0.29, 0.717) is 0 Å². The molecule has 3 heterocycles. The Morgan fingerprint density at radius 2 is 2.29 bits per heavy atom. The van der Waals surface area contributed by atoms with E-state index in [9.17, 15) is 4.79 Å². The van der Waals surface area contributed by atoms with Crippen molar-refractivity contribution in [2.45, 2.75) is 13.0 Å². The Morgan fingerprint density at radius 1 is 1.47 bits per heavy atom. The maximum absolute atomic E-state index is 12.0. The number of aryl methyl sites for hydroxylation is 1. The van der Waals surface area contributed by atoms with E-state index in [1.54, 1.807) is 0 Å². The van der Waals surface area contributed by atoms with Gasteiger partial charge in [-0.1, -0.05) is 0 Å². The number of pyridine rings is 1. The van der Waals surface area contributed by atoms with Gasteiger partial charge in [0.1, 0.15) is 6.04 Å². The van der Waals surface area contributed by atoms with Crippen molar-refractivity contribution in [3.05, 3.63) is 17.8 Å². The predicted molar refractivity (Wildman–Crippen MR) is 66.2 cm³/mol. The smallest absolute Gasteiger partial charge is 0.248 e. The molecule has 1 aromatic heterocycles. The van der Waals surface area contributed by atoms with E-state index in [-0.39, 0.29) is 11.9 Å². The highest BCUT2D eigenvalue weighted by molar-refractivity contribution is 6.03. The van der Waals surface area contributed by atoms with E-state index in [1.165, 1.54) is 0 Å². The van der Waals surface area contributed by atoms with E-state index < -0.39 is 0 Å². The van der Waals surface area contributed by atoms with Crippen LogP contribution in [0.4, 0.5) is 11.5 Å². The SMILES string of the molecule is Cc1cnc2c(c1)NC(=O)C1CN(C)CCN21. The molecule has 90 valence electrons. The van der Waals surface area contributed by atoms with Gasteiger partial charge in [-0.3, -0.25) is 4.79 Å². The molecule has 1 aromatic rings. The molecular weight excluding hydrogens is 216 g/mol. The third-order valence-corrected chi connectivity index (χ3v) is 3.42. The molecule has 0 radical (unpaired) electrons. The Hall–Kier alpha value is -1.62. The Balaban J connectivity index is 2.02. The number of aromatic nitrogens is 1. The lowest BCUT2D eigenvalue weighted by molar-refractivity contribution is -0.118. The zero-order chi connectivity index (χ0) is 12.0. The molecule has 1 fully saturated rings. The van der Waals surface area contributed by atoms with Crippen LogP contribution in [0.1, 0.15) is 5.56 Å². The molecule has 1 atom stereocenters. The second-order valence-corrected chi connectivity index (χ2v) is 4.84. The van der Waals surface area contributed by atoms with Gasteiger partial charge in [0, 0.05) is 25.8 Å². The summed E-state index contributed by atoms with van der Waals surface area (Å²) in [6.45, 7) is 4.58. The van der Waals surface area contributed by atoms with Gasteiger partial charge in [0.25, 0.3) is 0 Å². The molecule has 0 aliphatic carbocycles. The van der Waals surface area contributed by atoms with Crippen LogP contribution in [0.5, 0.6) is 0 Å². The van der Waals surface area contributed by atoms with Gasteiger partial charge in [-0.05, 0) is 25.6 Å². The number of piperazine rings is 1. The van der Waals surface area contributed by atoms with E-state index in [2.05, 4.69) is 20.1 Å². The van der Waals surface area contributed by atoms with Crippen molar-refractivity contribution in [3.63, 3.8) is 0 Å². The molecule has 0 bridgehead atoms. The summed E-state index contributed by atoms with van der Waals surface area (Å²) in [5, 5.41) is 2.95. The average molecular weight is 232 g/mol. The predicted octanol–water partition coefficient (Wildman–Crippen LogP) is 0.463. The van der Waals surface area contributed by atoms with Crippen molar-refractivity contribution in [2.24, 2.45) is 0 Å². The van der Waals surface area contributed by atoms with Gasteiger partial charge in [0.05, 0.1) is 5.69 Å². The number of nitrogens with zero attached hydrogens (tertiary/aromatic N) is 3. The molecular formula is C12H16N4O. The van der Waals surface area contributed by atoms with Crippen LogP contribution >= 0.6 is 0 Å². The minimum Gasteiger partial charge on any atom is -0.340 e. The minimum atomic E-state index is -0.101. The van der Waals surface area contributed by atoms with Crippen LogP contribution < -0.4 is 10.2 Å². The fourth-order valence-electron chi connectivity index (χ4n) is 2.50. The monoisotopic (exact) mass is 232 g/mol. The molecule has 1 unspecified atom stereocenters. The van der Waals surface area contributed by atoms with E-state index in [4.69, 9.17) is 0 Å². The Labute approximate surface area is 100 Å². The first kappa shape index (κ1) is 10.5. The van der Waals surface area contributed by atoms with Crippen molar-refractivity contribution in [3.8, 4) is 0 Å². The van der Waals surface area contributed by atoms with Gasteiger partial charge in [-0.15, -0.1) is 0 Å². The third kappa shape index (κ3) is 1.67. The maximum Gasteiger partial charge on any atom is 0.248 e. The number of carbonyl (C=O) groups is 1. The molecule has 2 aliphatic rings. The van der Waals surface area contributed by atoms with Crippen LogP contribution in [0.25, 0.3) is 0 Å². The maximum atomic E-state index is 12.0. The van der Waals surface area contributed by atoms with Crippen LogP contribution in [0.15, 0.2) is 12.3 Å². The Morgan fingerprint density at radius 3 is 3.12 bits per heavy atom. The van der Waals surface area contributed by atoms with Crippen molar-refractivity contribution in [1.82, 2.24) is 9.88 Å². The number of rotatable bonds is 0. The zero-order valence-electron chi connectivity index (χ0n) is 10.1. The van der Waals surface area contributed by atoms with Crippen LogP contribution in [0, 0.1) is 6.92 Å². The molecule has 1 N–H and O–H groups in total. The molecule has 0 saturated carbocycles. The van der Waals surface area contributed by atoms with Crippen LogP contribution in [0.2, 0.25) is 0 Å². The Bertz CT molecular complexity index is 474. The molecule has 5 nitrogen and oxygen atoms in total. The number of likely N-dealkylation sites (N-methyl/N-ethyl adjacent to an activating group) is 1. The number of hydrogen-bond acceptors (Lipinski definition) is 4. The van der Waals surface area contributed by atoms with Gasteiger partial charge in [-0.25, -0.2) is 4.98 Å². The zero-order valence-corrected chi connectivity index (χ0v) is 10.1. The molecule has 3 rings (SSSR count). The standard InChI is InChI=1S/C12H16N4O/c1-8-5-9-11(13-6-8)16-4-3-15(2)7-10(16)12(17)14-9/h5-6,10H,3-4,7H2,1-2H3,(H,14,17). The lowest BCUT2D eigenvalue weighted by atomic mass is 10.1. The molecule has 1 saturated heterocycles. The van der Waals surface area contributed by atoms with E-state index in [1.807, 2.05) is 26.2 Å². The topological polar surface area (TPSA) is 48.5 Å². The lowest BCUT2D eigenvalue weighted by Crippen LogP contribution is -2.59. The van der Waals surface area contributed by atoms with Crippen LogP contribution in [-0.2, 0) is 4.79 Å². The highest BCUT2D eigenvalue weighted by Crippen LogP contribution is 2.31. The Kier molecular flexibility index (Phi) is 2.29. The van der Waals surface area contributed by atoms with Crippen molar-refractivity contribution >= 4 is 17.4 Å². The molecule has 17 heavy (non-hydrogen) atoms. The fraction of sp³-hybridized carbons (Fsp3) is 0.500. The van der Waals surface area contributed by atoms with Gasteiger partial charge >= 0.3 is 0 Å². The number of anilines is 2. The number of hydrogen-bond donors (Lipinski definition) is 1. The summed E-state index contributed by atoms with van der Waals surface area (Å²) >= 11 is 0. The first-order valence-electron chi connectivity index (χ1n) is 5.88. The normalized spacial score (nSPS) is 24.0. The molecule has 5 heteroatoms. The molecule has 0 spiro atoms. The second-order valence-electron chi connectivity index (χ2n) is 4.84. The quantitative estimate of drug-likeness (QED) is 0.706. The summed E-state index contributed by atoms with van der Waals surface area (Å²) in [5.41, 5.74) is 1.91. The van der Waals surface area contributed by atoms with E-state index in [0.717, 1.165) is 36.7 Å². The summed E-state index contributed by atoms with van der Waals surface area (Å²) in [7, 11) is 2.04. The van der Waals surface area contributed by atoms with Crippen LogP contribution in [-0.4, -0.2) is 48.5 Å². The average Bonchev–Trinajstić information content (AvgIpc) is 2.29. The van der Waals surface area contributed by atoms with Gasteiger partial charge in [0.15, 0.2) is 5.82 Å². The first-order valence-corrected chi connectivity index (χ1v) is 5.88. The number of amides is 1.